The van der Waals surface area contributed by atoms with Crippen molar-refractivity contribution in [1.82, 2.24) is 4.90 Å². The van der Waals surface area contributed by atoms with Crippen molar-refractivity contribution < 1.29 is 9.59 Å². The van der Waals surface area contributed by atoms with Gasteiger partial charge in [-0.25, -0.2) is 0 Å². The normalized spacial score (nSPS) is 25.2. The minimum absolute atomic E-state index is 0.00250. The highest BCUT2D eigenvalue weighted by molar-refractivity contribution is 5.99. The van der Waals surface area contributed by atoms with Crippen molar-refractivity contribution in [3.8, 4) is 0 Å². The highest BCUT2D eigenvalue weighted by Gasteiger charge is 2.46. The van der Waals surface area contributed by atoms with Crippen LogP contribution < -0.4 is 5.73 Å². The number of nitrogens with zero attached hydrogens (tertiary/aromatic N) is 1. The van der Waals surface area contributed by atoms with E-state index in [4.69, 9.17) is 5.73 Å². The van der Waals surface area contributed by atoms with Crippen molar-refractivity contribution in [3.63, 3.8) is 0 Å². The first-order valence-corrected chi connectivity index (χ1v) is 7.04. The van der Waals surface area contributed by atoms with Crippen molar-refractivity contribution in [2.24, 2.45) is 17.1 Å². The van der Waals surface area contributed by atoms with E-state index in [9.17, 15) is 9.59 Å². The molecule has 1 spiro atoms. The molecule has 0 radical (unpaired) electrons. The SMILES string of the molecule is CC(C)C(CN)N1C(=O)CC2(CCCC2)CC1=O. The number of piperidine rings is 1. The van der Waals surface area contributed by atoms with E-state index >= 15 is 0 Å². The molecular weight excluding hydrogens is 228 g/mol. The second-order valence-electron chi connectivity index (χ2n) is 6.27. The van der Waals surface area contributed by atoms with Gasteiger partial charge in [0.2, 0.25) is 11.8 Å². The summed E-state index contributed by atoms with van der Waals surface area (Å²) in [6.45, 7) is 4.39. The topological polar surface area (TPSA) is 63.4 Å². The van der Waals surface area contributed by atoms with E-state index < -0.39 is 0 Å². The Morgan fingerprint density at radius 3 is 2.06 bits per heavy atom. The second kappa shape index (κ2) is 5.00. The van der Waals surface area contributed by atoms with Crippen LogP contribution in [0.5, 0.6) is 0 Å². The maximum atomic E-state index is 12.3. The molecule has 18 heavy (non-hydrogen) atoms. The first kappa shape index (κ1) is 13.5. The van der Waals surface area contributed by atoms with Crippen LogP contribution in [-0.2, 0) is 9.59 Å². The van der Waals surface area contributed by atoms with Gasteiger partial charge in [-0.2, -0.15) is 0 Å². The highest BCUT2D eigenvalue weighted by Crippen LogP contribution is 2.47. The molecule has 0 bridgehead atoms. The Kier molecular flexibility index (Phi) is 3.76. The smallest absolute Gasteiger partial charge is 0.230 e. The lowest BCUT2D eigenvalue weighted by Crippen LogP contribution is -2.55. The van der Waals surface area contributed by atoms with E-state index in [1.807, 2.05) is 13.8 Å². The summed E-state index contributed by atoms with van der Waals surface area (Å²) in [5.41, 5.74) is 5.71. The first-order valence-electron chi connectivity index (χ1n) is 7.04. The molecule has 2 aliphatic rings. The van der Waals surface area contributed by atoms with Gasteiger partial charge in [0.15, 0.2) is 0 Å². The van der Waals surface area contributed by atoms with Gasteiger partial charge in [-0.3, -0.25) is 14.5 Å². The quantitative estimate of drug-likeness (QED) is 0.777. The monoisotopic (exact) mass is 252 g/mol. The number of carbonyl (C=O) groups is 2. The summed E-state index contributed by atoms with van der Waals surface area (Å²) < 4.78 is 0. The number of imide groups is 1. The average Bonchev–Trinajstić information content (AvgIpc) is 2.70. The summed E-state index contributed by atoms with van der Waals surface area (Å²) in [5, 5.41) is 0. The standard InChI is InChI=1S/C14H24N2O2/c1-10(2)11(9-15)16-12(17)7-14(8-13(16)18)5-3-4-6-14/h10-11H,3-9,15H2,1-2H3. The molecule has 1 saturated carbocycles. The van der Waals surface area contributed by atoms with E-state index in [-0.39, 0.29) is 29.2 Å². The minimum atomic E-state index is -0.135. The van der Waals surface area contributed by atoms with Crippen LogP contribution in [0.15, 0.2) is 0 Å². The zero-order valence-electron chi connectivity index (χ0n) is 11.4. The lowest BCUT2D eigenvalue weighted by molar-refractivity contribution is -0.157. The summed E-state index contributed by atoms with van der Waals surface area (Å²) >= 11 is 0. The molecule has 102 valence electrons. The van der Waals surface area contributed by atoms with Crippen molar-refractivity contribution in [3.05, 3.63) is 0 Å². The molecule has 2 fully saturated rings. The average molecular weight is 252 g/mol. The van der Waals surface area contributed by atoms with Gasteiger partial charge in [-0.05, 0) is 24.2 Å². The molecule has 1 unspecified atom stereocenters. The maximum absolute atomic E-state index is 12.3. The molecule has 1 heterocycles. The number of rotatable bonds is 3. The molecule has 2 N–H and O–H groups in total. The van der Waals surface area contributed by atoms with Gasteiger partial charge < -0.3 is 5.73 Å². The Morgan fingerprint density at radius 1 is 1.17 bits per heavy atom. The molecule has 1 aliphatic heterocycles. The van der Waals surface area contributed by atoms with Crippen LogP contribution in [0.1, 0.15) is 52.4 Å². The molecule has 0 aromatic rings. The molecule has 1 atom stereocenters. The van der Waals surface area contributed by atoms with Gasteiger partial charge in [0, 0.05) is 19.4 Å². The summed E-state index contributed by atoms with van der Waals surface area (Å²) in [6.07, 6.45) is 5.47. The summed E-state index contributed by atoms with van der Waals surface area (Å²) in [4.78, 5) is 26.1. The summed E-state index contributed by atoms with van der Waals surface area (Å²) in [6, 6.07) is -0.135. The Bertz CT molecular complexity index is 326. The van der Waals surface area contributed by atoms with E-state index in [1.165, 1.54) is 4.90 Å². The van der Waals surface area contributed by atoms with Gasteiger partial charge in [0.1, 0.15) is 0 Å². The van der Waals surface area contributed by atoms with Gasteiger partial charge in [0.25, 0.3) is 0 Å². The van der Waals surface area contributed by atoms with Crippen LogP contribution >= 0.6 is 0 Å². The van der Waals surface area contributed by atoms with Gasteiger partial charge in [-0.15, -0.1) is 0 Å². The van der Waals surface area contributed by atoms with Crippen molar-refractivity contribution in [1.29, 1.82) is 0 Å². The van der Waals surface area contributed by atoms with Gasteiger partial charge in [-0.1, -0.05) is 26.7 Å². The van der Waals surface area contributed by atoms with Gasteiger partial charge >= 0.3 is 0 Å². The van der Waals surface area contributed by atoms with Crippen molar-refractivity contribution in [2.75, 3.05) is 6.54 Å². The molecule has 0 aromatic carbocycles. The number of likely N-dealkylation sites (tertiary alicyclic amines) is 1. The van der Waals surface area contributed by atoms with E-state index in [1.54, 1.807) is 0 Å². The Morgan fingerprint density at radius 2 is 1.67 bits per heavy atom. The molecule has 4 nitrogen and oxygen atoms in total. The van der Waals surface area contributed by atoms with E-state index in [0.29, 0.717) is 19.4 Å². The molecular formula is C14H24N2O2. The van der Waals surface area contributed by atoms with Crippen LogP contribution in [0.3, 0.4) is 0 Å². The van der Waals surface area contributed by atoms with Crippen LogP contribution in [0, 0.1) is 11.3 Å². The number of hydrogen-bond donors (Lipinski definition) is 1. The third-order valence-electron chi connectivity index (χ3n) is 4.60. The Balaban J connectivity index is 2.16. The van der Waals surface area contributed by atoms with Gasteiger partial charge in [0.05, 0.1) is 6.04 Å². The fourth-order valence-corrected chi connectivity index (χ4v) is 3.54. The highest BCUT2D eigenvalue weighted by atomic mass is 16.2. The summed E-state index contributed by atoms with van der Waals surface area (Å²) in [7, 11) is 0. The lowest BCUT2D eigenvalue weighted by Gasteiger charge is -2.41. The number of amides is 2. The molecule has 1 saturated heterocycles. The maximum Gasteiger partial charge on any atom is 0.230 e. The van der Waals surface area contributed by atoms with E-state index in [2.05, 4.69) is 0 Å². The van der Waals surface area contributed by atoms with Crippen LogP contribution in [0.25, 0.3) is 0 Å². The van der Waals surface area contributed by atoms with Crippen molar-refractivity contribution >= 4 is 11.8 Å². The molecule has 2 rings (SSSR count). The van der Waals surface area contributed by atoms with Crippen molar-refractivity contribution in [2.45, 2.75) is 58.4 Å². The minimum Gasteiger partial charge on any atom is -0.328 e. The number of nitrogens with two attached hydrogens (primary N) is 1. The fourth-order valence-electron chi connectivity index (χ4n) is 3.54. The number of hydrogen-bond acceptors (Lipinski definition) is 3. The largest absolute Gasteiger partial charge is 0.328 e. The number of carbonyl (C=O) groups excluding carboxylic acids is 2. The zero-order valence-corrected chi connectivity index (χ0v) is 11.4. The Labute approximate surface area is 109 Å². The third-order valence-corrected chi connectivity index (χ3v) is 4.60. The Hall–Kier alpha value is -0.900. The van der Waals surface area contributed by atoms with E-state index in [0.717, 1.165) is 25.7 Å². The third kappa shape index (κ3) is 2.30. The van der Waals surface area contributed by atoms with Crippen LogP contribution in [0.4, 0.5) is 0 Å². The predicted molar refractivity (Wildman–Crippen MR) is 69.7 cm³/mol. The molecule has 4 heteroatoms. The van der Waals surface area contributed by atoms with Crippen LogP contribution in [0.2, 0.25) is 0 Å². The fraction of sp³-hybridized carbons (Fsp3) is 0.857. The second-order valence-corrected chi connectivity index (χ2v) is 6.27. The molecule has 1 aliphatic carbocycles. The van der Waals surface area contributed by atoms with Crippen LogP contribution in [-0.4, -0.2) is 29.3 Å². The molecule has 2 amide bonds. The summed E-state index contributed by atoms with van der Waals surface area (Å²) in [5.74, 6) is 0.218. The lowest BCUT2D eigenvalue weighted by atomic mass is 9.75. The predicted octanol–water partition coefficient (Wildman–Crippen LogP) is 1.68. The zero-order chi connectivity index (χ0) is 13.3. The first-order chi connectivity index (χ1) is 8.49. The molecule has 0 aromatic heterocycles.